The minimum Gasteiger partial charge on any atom is -0.317 e. The molecule has 0 aliphatic heterocycles. The van der Waals surface area contributed by atoms with Gasteiger partial charge in [0, 0.05) is 40.5 Å². The van der Waals surface area contributed by atoms with Crippen LogP contribution in [0.3, 0.4) is 0 Å². The van der Waals surface area contributed by atoms with Crippen LogP contribution in [0.2, 0.25) is 0 Å². The van der Waals surface area contributed by atoms with Crippen LogP contribution < -0.4 is 0 Å². The van der Waals surface area contributed by atoms with E-state index in [0.29, 0.717) is 17.5 Å². The zero-order valence-electron chi connectivity index (χ0n) is 26.0. The zero-order valence-corrected chi connectivity index (χ0v) is 26.0. The van der Waals surface area contributed by atoms with Gasteiger partial charge in [-0.1, -0.05) is 115 Å². The van der Waals surface area contributed by atoms with Gasteiger partial charge < -0.3 is 9.13 Å². The topological polar surface area (TPSA) is 48.5 Å². The second-order valence-electron chi connectivity index (χ2n) is 11.8. The van der Waals surface area contributed by atoms with E-state index in [9.17, 15) is 0 Å². The van der Waals surface area contributed by atoms with Crippen LogP contribution in [0.15, 0.2) is 176 Å². The Kier molecular flexibility index (Phi) is 6.72. The molecule has 3 aromatic heterocycles. The minimum absolute atomic E-state index is 0.636. The number of fused-ring (bicyclic) bond motifs is 2. The van der Waals surface area contributed by atoms with Gasteiger partial charge in [-0.15, -0.1) is 0 Å². The molecule has 6 aromatic carbocycles. The summed E-state index contributed by atoms with van der Waals surface area (Å²) in [5, 5.41) is 2.41. The highest BCUT2D eigenvalue weighted by Crippen LogP contribution is 2.31. The van der Waals surface area contributed by atoms with E-state index in [-0.39, 0.29) is 0 Å². The van der Waals surface area contributed by atoms with Crippen LogP contribution in [-0.2, 0) is 0 Å². The molecule has 0 saturated heterocycles. The Labute approximate surface area is 278 Å². The van der Waals surface area contributed by atoms with Gasteiger partial charge in [0.2, 0.25) is 0 Å². The first-order valence-electron chi connectivity index (χ1n) is 16.0. The van der Waals surface area contributed by atoms with E-state index in [2.05, 4.69) is 125 Å². The first kappa shape index (κ1) is 27.7. The number of nitrogens with zero attached hydrogens (tertiary/aromatic N) is 5. The molecule has 5 nitrogen and oxygen atoms in total. The van der Waals surface area contributed by atoms with E-state index in [0.717, 1.165) is 33.6 Å². The largest absolute Gasteiger partial charge is 0.317 e. The molecule has 0 saturated carbocycles. The first-order chi connectivity index (χ1) is 23.8. The van der Waals surface area contributed by atoms with E-state index < -0.39 is 0 Å². The van der Waals surface area contributed by atoms with Crippen molar-refractivity contribution in [1.29, 1.82) is 0 Å². The van der Waals surface area contributed by atoms with Gasteiger partial charge in [0.05, 0.1) is 11.0 Å². The Morgan fingerprint density at radius 3 is 1.54 bits per heavy atom. The summed E-state index contributed by atoms with van der Waals surface area (Å²) >= 11 is 0. The third-order valence-corrected chi connectivity index (χ3v) is 8.85. The summed E-state index contributed by atoms with van der Waals surface area (Å²) in [5.41, 5.74) is 9.69. The quantitative estimate of drug-likeness (QED) is 0.187. The lowest BCUT2D eigenvalue weighted by Crippen LogP contribution is -2.00. The predicted molar refractivity (Wildman–Crippen MR) is 195 cm³/mol. The monoisotopic (exact) mass is 615 g/mol. The Hall–Kier alpha value is -6.59. The molecular formula is C43H29N5. The molecule has 0 atom stereocenters. The number of aromatic nitrogens is 5. The van der Waals surface area contributed by atoms with Crippen molar-refractivity contribution in [3.05, 3.63) is 176 Å². The standard InChI is InChI=1S/C43H29N5/c1-3-11-33(12-4-1)41-44-42(34-13-5-2-6-14-34)46-43(45-41)36-15-9-16-38(28-36)48-27-25-32-18-19-35(29-40(32)48)30-20-22-37(23-21-30)47-26-24-31-10-7-8-17-39(31)47/h1-29H. The lowest BCUT2D eigenvalue weighted by molar-refractivity contribution is 1.07. The van der Waals surface area contributed by atoms with Gasteiger partial charge in [-0.25, -0.2) is 15.0 Å². The summed E-state index contributed by atoms with van der Waals surface area (Å²) in [6, 6.07) is 56.8. The molecule has 0 unspecified atom stereocenters. The summed E-state index contributed by atoms with van der Waals surface area (Å²) in [5.74, 6) is 1.94. The number of rotatable bonds is 6. The van der Waals surface area contributed by atoms with Gasteiger partial charge >= 0.3 is 0 Å². The lowest BCUT2D eigenvalue weighted by Gasteiger charge is -2.11. The fraction of sp³-hybridized carbons (Fsp3) is 0. The minimum atomic E-state index is 0.636. The van der Waals surface area contributed by atoms with E-state index in [1.807, 2.05) is 60.7 Å². The van der Waals surface area contributed by atoms with E-state index in [1.54, 1.807) is 0 Å². The molecule has 0 aliphatic carbocycles. The number of benzene rings is 6. The Balaban J connectivity index is 1.09. The van der Waals surface area contributed by atoms with Gasteiger partial charge in [-0.3, -0.25) is 0 Å². The third-order valence-electron chi connectivity index (χ3n) is 8.85. The molecule has 0 bridgehead atoms. The van der Waals surface area contributed by atoms with Crippen LogP contribution in [0.5, 0.6) is 0 Å². The number of para-hydroxylation sites is 1. The molecule has 3 heterocycles. The van der Waals surface area contributed by atoms with Crippen LogP contribution in [0.4, 0.5) is 0 Å². The summed E-state index contributed by atoms with van der Waals surface area (Å²) in [6.07, 6.45) is 4.26. The molecular weight excluding hydrogens is 587 g/mol. The van der Waals surface area contributed by atoms with Crippen molar-refractivity contribution < 1.29 is 0 Å². The van der Waals surface area contributed by atoms with Crippen LogP contribution in [0.25, 0.3) is 78.5 Å². The second kappa shape index (κ2) is 11.6. The van der Waals surface area contributed by atoms with Crippen LogP contribution >= 0.6 is 0 Å². The van der Waals surface area contributed by atoms with Gasteiger partial charge in [0.15, 0.2) is 17.5 Å². The summed E-state index contributed by atoms with van der Waals surface area (Å²) < 4.78 is 4.47. The van der Waals surface area contributed by atoms with E-state index in [4.69, 9.17) is 15.0 Å². The molecule has 48 heavy (non-hydrogen) atoms. The maximum absolute atomic E-state index is 4.95. The summed E-state index contributed by atoms with van der Waals surface area (Å²) in [4.78, 5) is 14.7. The van der Waals surface area contributed by atoms with Crippen LogP contribution in [-0.4, -0.2) is 24.1 Å². The average Bonchev–Trinajstić information content (AvgIpc) is 3.80. The molecule has 9 rings (SSSR count). The molecule has 9 aromatic rings. The van der Waals surface area contributed by atoms with Crippen LogP contribution in [0.1, 0.15) is 0 Å². The van der Waals surface area contributed by atoms with Crippen molar-refractivity contribution >= 4 is 21.8 Å². The normalized spacial score (nSPS) is 11.3. The third kappa shape index (κ3) is 5.04. The maximum Gasteiger partial charge on any atom is 0.164 e. The first-order valence-corrected chi connectivity index (χ1v) is 16.0. The number of hydrogen-bond acceptors (Lipinski definition) is 3. The second-order valence-corrected chi connectivity index (χ2v) is 11.8. The molecule has 226 valence electrons. The summed E-state index contributed by atoms with van der Waals surface area (Å²) in [6.45, 7) is 0. The van der Waals surface area contributed by atoms with Gasteiger partial charge in [-0.05, 0) is 70.4 Å². The molecule has 0 amide bonds. The Bertz CT molecular complexity index is 2490. The van der Waals surface area contributed by atoms with Crippen molar-refractivity contribution in [2.45, 2.75) is 0 Å². The molecule has 0 N–H and O–H groups in total. The molecule has 5 heteroatoms. The molecule has 0 aliphatic rings. The average molecular weight is 616 g/mol. The smallest absolute Gasteiger partial charge is 0.164 e. The lowest BCUT2D eigenvalue weighted by atomic mass is 10.0. The fourth-order valence-corrected chi connectivity index (χ4v) is 6.39. The molecule has 0 radical (unpaired) electrons. The highest BCUT2D eigenvalue weighted by molar-refractivity contribution is 5.87. The maximum atomic E-state index is 4.95. The fourth-order valence-electron chi connectivity index (χ4n) is 6.39. The SMILES string of the molecule is c1ccc(-c2nc(-c3ccccc3)nc(-c3cccc(-n4ccc5ccc(-c6ccc(-n7ccc8ccccc87)cc6)cc54)c3)n2)cc1. The predicted octanol–water partition coefficient (Wildman–Crippen LogP) is 10.4. The molecule has 0 fully saturated rings. The van der Waals surface area contributed by atoms with Crippen molar-refractivity contribution in [3.8, 4) is 56.7 Å². The van der Waals surface area contributed by atoms with Gasteiger partial charge in [0.1, 0.15) is 0 Å². The highest BCUT2D eigenvalue weighted by Gasteiger charge is 2.14. The van der Waals surface area contributed by atoms with Crippen molar-refractivity contribution in [2.24, 2.45) is 0 Å². The van der Waals surface area contributed by atoms with Gasteiger partial charge in [0.25, 0.3) is 0 Å². The molecule has 0 spiro atoms. The van der Waals surface area contributed by atoms with E-state index in [1.165, 1.54) is 27.4 Å². The highest BCUT2D eigenvalue weighted by atomic mass is 15.0. The van der Waals surface area contributed by atoms with Crippen molar-refractivity contribution in [3.63, 3.8) is 0 Å². The number of hydrogen-bond donors (Lipinski definition) is 0. The Morgan fingerprint density at radius 2 is 0.854 bits per heavy atom. The summed E-state index contributed by atoms with van der Waals surface area (Å²) in [7, 11) is 0. The van der Waals surface area contributed by atoms with Crippen LogP contribution in [0, 0.1) is 0 Å². The van der Waals surface area contributed by atoms with Gasteiger partial charge in [-0.2, -0.15) is 0 Å². The Morgan fingerprint density at radius 1 is 0.312 bits per heavy atom. The van der Waals surface area contributed by atoms with Crippen molar-refractivity contribution in [1.82, 2.24) is 24.1 Å². The zero-order chi connectivity index (χ0) is 31.9. The van der Waals surface area contributed by atoms with E-state index >= 15 is 0 Å². The van der Waals surface area contributed by atoms with Crippen molar-refractivity contribution in [2.75, 3.05) is 0 Å².